The van der Waals surface area contributed by atoms with Crippen LogP contribution < -0.4 is 0 Å². The lowest BCUT2D eigenvalue weighted by Crippen LogP contribution is -2.31. The highest BCUT2D eigenvalue weighted by molar-refractivity contribution is 5.54. The summed E-state index contributed by atoms with van der Waals surface area (Å²) in [5.41, 5.74) is 1.48. The first-order chi connectivity index (χ1) is 13.4. The summed E-state index contributed by atoms with van der Waals surface area (Å²) in [6.45, 7) is 1.14. The van der Waals surface area contributed by atoms with Gasteiger partial charge in [-0.25, -0.2) is 14.4 Å². The van der Waals surface area contributed by atoms with Crippen molar-refractivity contribution >= 4 is 0 Å². The Morgan fingerprint density at radius 3 is 2.61 bits per heavy atom. The molecule has 144 valence electrons. The summed E-state index contributed by atoms with van der Waals surface area (Å²) in [7, 11) is 0. The number of halogens is 4. The molecule has 0 aliphatic carbocycles. The minimum atomic E-state index is -4.70. The molecule has 0 N–H and O–H groups in total. The Balaban J connectivity index is 1.53. The van der Waals surface area contributed by atoms with Crippen LogP contribution in [-0.4, -0.2) is 26.4 Å². The quantitative estimate of drug-likeness (QED) is 0.629. The predicted octanol–water partition coefficient (Wildman–Crippen LogP) is 4.25. The van der Waals surface area contributed by atoms with Crippen LogP contribution in [0.3, 0.4) is 0 Å². The fraction of sp³-hybridized carbons (Fsp3) is 0.250. The first-order valence-corrected chi connectivity index (χ1v) is 8.74. The summed E-state index contributed by atoms with van der Waals surface area (Å²) < 4.78 is 53.0. The first-order valence-electron chi connectivity index (χ1n) is 8.74. The maximum Gasteiger partial charge on any atom is 0.419 e. The molecule has 1 aromatic carbocycles. The lowest BCUT2D eigenvalue weighted by molar-refractivity contribution is -0.140. The van der Waals surface area contributed by atoms with Gasteiger partial charge in [-0.05, 0) is 18.2 Å². The number of fused-ring (bicyclic) bond motifs is 1. The highest BCUT2D eigenvalue weighted by Crippen LogP contribution is 2.33. The zero-order chi connectivity index (χ0) is 19.7. The normalized spacial score (nSPS) is 14.7. The topological polar surface area (TPSA) is 41.9 Å². The molecule has 0 saturated carbocycles. The Bertz CT molecular complexity index is 989. The molecule has 0 spiro atoms. The number of aromatic nitrogens is 3. The van der Waals surface area contributed by atoms with Gasteiger partial charge in [0.15, 0.2) is 5.82 Å². The molecule has 0 bridgehead atoms. The summed E-state index contributed by atoms with van der Waals surface area (Å²) >= 11 is 0. The van der Waals surface area contributed by atoms with E-state index in [1.54, 1.807) is 18.6 Å². The van der Waals surface area contributed by atoms with Crippen molar-refractivity contribution in [2.45, 2.75) is 25.7 Å². The molecule has 0 radical (unpaired) electrons. The molecule has 1 aliphatic heterocycles. The molecule has 0 amide bonds. The number of hydrogen-bond donors (Lipinski definition) is 0. The van der Waals surface area contributed by atoms with E-state index >= 15 is 0 Å². The van der Waals surface area contributed by atoms with Crippen molar-refractivity contribution < 1.29 is 17.6 Å². The van der Waals surface area contributed by atoms with Crippen molar-refractivity contribution in [2.75, 3.05) is 6.54 Å². The fourth-order valence-corrected chi connectivity index (χ4v) is 3.31. The third-order valence-corrected chi connectivity index (χ3v) is 4.73. The number of rotatable bonds is 3. The van der Waals surface area contributed by atoms with Gasteiger partial charge in [0.25, 0.3) is 0 Å². The molecule has 4 nitrogen and oxygen atoms in total. The number of nitrogens with zero attached hydrogens (tertiary/aromatic N) is 4. The molecule has 0 atom stereocenters. The fourth-order valence-electron chi connectivity index (χ4n) is 3.31. The lowest BCUT2D eigenvalue weighted by atomic mass is 10.0. The van der Waals surface area contributed by atoms with Crippen LogP contribution in [0.2, 0.25) is 0 Å². The van der Waals surface area contributed by atoms with Crippen molar-refractivity contribution in [3.8, 4) is 11.4 Å². The van der Waals surface area contributed by atoms with Gasteiger partial charge in [0.05, 0.1) is 11.3 Å². The van der Waals surface area contributed by atoms with Crippen molar-refractivity contribution in [3.63, 3.8) is 0 Å². The Kier molecular flexibility index (Phi) is 4.80. The third-order valence-electron chi connectivity index (χ3n) is 4.73. The summed E-state index contributed by atoms with van der Waals surface area (Å²) in [5, 5.41) is 0. The van der Waals surface area contributed by atoms with E-state index < -0.39 is 17.6 Å². The largest absolute Gasteiger partial charge is 0.419 e. The van der Waals surface area contributed by atoms with Gasteiger partial charge in [-0.15, -0.1) is 0 Å². The Hall–Kier alpha value is -2.87. The standard InChI is InChI=1S/C20H16F4N4/c21-18-14(2-1-3-16(18)20(22,23)24)11-28-9-6-17-15(12-28)10-26-19(27-17)13-4-7-25-8-5-13/h1-5,7-8,10H,6,9,11-12H2. The lowest BCUT2D eigenvalue weighted by Gasteiger charge is -2.28. The van der Waals surface area contributed by atoms with E-state index in [1.165, 1.54) is 12.1 Å². The zero-order valence-electron chi connectivity index (χ0n) is 14.7. The smallest absolute Gasteiger partial charge is 0.294 e. The van der Waals surface area contributed by atoms with Crippen LogP contribution in [0, 0.1) is 5.82 Å². The van der Waals surface area contributed by atoms with Crippen LogP contribution in [0.5, 0.6) is 0 Å². The second kappa shape index (κ2) is 7.27. The van der Waals surface area contributed by atoms with Gasteiger partial charge in [-0.3, -0.25) is 9.88 Å². The molecule has 0 unspecified atom stereocenters. The molecule has 0 saturated heterocycles. The highest BCUT2D eigenvalue weighted by Gasteiger charge is 2.35. The Morgan fingerprint density at radius 2 is 1.86 bits per heavy atom. The van der Waals surface area contributed by atoms with Gasteiger partial charge in [0.2, 0.25) is 0 Å². The average Bonchev–Trinajstić information content (AvgIpc) is 2.69. The molecule has 28 heavy (non-hydrogen) atoms. The van der Waals surface area contributed by atoms with E-state index in [-0.39, 0.29) is 12.1 Å². The summed E-state index contributed by atoms with van der Waals surface area (Å²) in [6.07, 6.45) is 0.988. The van der Waals surface area contributed by atoms with Crippen molar-refractivity contribution in [3.05, 3.63) is 77.1 Å². The SMILES string of the molecule is Fc1c(CN2CCc3nc(-c4ccncc4)ncc3C2)cccc1C(F)(F)F. The number of pyridine rings is 1. The maximum atomic E-state index is 14.3. The Morgan fingerprint density at radius 1 is 1.07 bits per heavy atom. The molecular formula is C20H16F4N4. The molecule has 3 heterocycles. The van der Waals surface area contributed by atoms with Crippen LogP contribution in [0.4, 0.5) is 17.6 Å². The van der Waals surface area contributed by atoms with E-state index in [0.717, 1.165) is 22.9 Å². The number of hydrogen-bond acceptors (Lipinski definition) is 4. The van der Waals surface area contributed by atoms with Gasteiger partial charge in [0, 0.05) is 61.3 Å². The summed E-state index contributed by atoms with van der Waals surface area (Å²) in [6, 6.07) is 7.05. The molecule has 8 heteroatoms. The van der Waals surface area contributed by atoms with Crippen LogP contribution in [-0.2, 0) is 25.7 Å². The third kappa shape index (κ3) is 3.73. The molecule has 0 fully saturated rings. The van der Waals surface area contributed by atoms with E-state index in [1.807, 2.05) is 17.0 Å². The monoisotopic (exact) mass is 388 g/mol. The second-order valence-corrected chi connectivity index (χ2v) is 6.64. The zero-order valence-corrected chi connectivity index (χ0v) is 14.7. The molecule has 1 aliphatic rings. The van der Waals surface area contributed by atoms with Crippen LogP contribution in [0.25, 0.3) is 11.4 Å². The minimum Gasteiger partial charge on any atom is -0.294 e. The van der Waals surface area contributed by atoms with Gasteiger partial charge < -0.3 is 0 Å². The van der Waals surface area contributed by atoms with Gasteiger partial charge in [0.1, 0.15) is 5.82 Å². The van der Waals surface area contributed by atoms with E-state index in [9.17, 15) is 17.6 Å². The second-order valence-electron chi connectivity index (χ2n) is 6.64. The molecule has 2 aromatic heterocycles. The first kappa shape index (κ1) is 18.5. The molecule has 4 rings (SSSR count). The van der Waals surface area contributed by atoms with Crippen molar-refractivity contribution in [2.24, 2.45) is 0 Å². The van der Waals surface area contributed by atoms with Crippen LogP contribution in [0.1, 0.15) is 22.4 Å². The van der Waals surface area contributed by atoms with Crippen LogP contribution >= 0.6 is 0 Å². The molecular weight excluding hydrogens is 372 g/mol. The maximum absolute atomic E-state index is 14.3. The van der Waals surface area contributed by atoms with E-state index in [2.05, 4.69) is 15.0 Å². The van der Waals surface area contributed by atoms with E-state index in [4.69, 9.17) is 0 Å². The summed E-state index contributed by atoms with van der Waals surface area (Å²) in [4.78, 5) is 14.9. The molecule has 3 aromatic rings. The van der Waals surface area contributed by atoms with Gasteiger partial charge in [-0.2, -0.15) is 13.2 Å². The summed E-state index contributed by atoms with van der Waals surface area (Å²) in [5.74, 6) is -0.594. The van der Waals surface area contributed by atoms with Crippen LogP contribution in [0.15, 0.2) is 48.9 Å². The number of alkyl halides is 3. The predicted molar refractivity (Wildman–Crippen MR) is 94.5 cm³/mol. The Labute approximate surface area is 158 Å². The average molecular weight is 388 g/mol. The van der Waals surface area contributed by atoms with Crippen molar-refractivity contribution in [1.29, 1.82) is 0 Å². The van der Waals surface area contributed by atoms with Gasteiger partial charge >= 0.3 is 6.18 Å². The minimum absolute atomic E-state index is 0.0348. The van der Waals surface area contributed by atoms with E-state index in [0.29, 0.717) is 25.3 Å². The highest BCUT2D eigenvalue weighted by atomic mass is 19.4. The number of benzene rings is 1. The van der Waals surface area contributed by atoms with Crippen molar-refractivity contribution in [1.82, 2.24) is 19.9 Å². The van der Waals surface area contributed by atoms with Gasteiger partial charge in [-0.1, -0.05) is 12.1 Å².